The number of thiazole rings is 1. The molecule has 3 aromatic rings. The monoisotopic (exact) mass is 374 g/mol. The van der Waals surface area contributed by atoms with Gasteiger partial charge >= 0.3 is 0 Å². The van der Waals surface area contributed by atoms with Gasteiger partial charge in [0, 0.05) is 24.0 Å². The molecule has 25 heavy (non-hydrogen) atoms. The maximum atomic E-state index is 14.1. The molecule has 0 bridgehead atoms. The lowest BCUT2D eigenvalue weighted by Crippen LogP contribution is -2.39. The third-order valence-electron chi connectivity index (χ3n) is 4.53. The van der Waals surface area contributed by atoms with E-state index in [0.29, 0.717) is 18.1 Å². The summed E-state index contributed by atoms with van der Waals surface area (Å²) in [7, 11) is 0. The molecule has 1 aromatic heterocycles. The summed E-state index contributed by atoms with van der Waals surface area (Å²) in [6, 6.07) is 12.2. The van der Waals surface area contributed by atoms with Crippen LogP contribution in [0.25, 0.3) is 10.2 Å². The second-order valence-corrected chi connectivity index (χ2v) is 7.73. The number of para-hydroxylation sites is 1. The summed E-state index contributed by atoms with van der Waals surface area (Å²) in [5, 5.41) is 1.34. The average molecular weight is 375 g/mol. The average Bonchev–Trinajstić information content (AvgIpc) is 3.05. The summed E-state index contributed by atoms with van der Waals surface area (Å²) in [6.45, 7) is 1.21. The van der Waals surface area contributed by atoms with Crippen LogP contribution in [0.1, 0.15) is 34.1 Å². The highest BCUT2D eigenvalue weighted by atomic mass is 35.5. The van der Waals surface area contributed by atoms with Crippen molar-refractivity contribution >= 4 is 39.1 Å². The van der Waals surface area contributed by atoms with Crippen molar-refractivity contribution in [1.29, 1.82) is 0 Å². The van der Waals surface area contributed by atoms with Crippen molar-refractivity contribution in [1.82, 2.24) is 9.88 Å². The van der Waals surface area contributed by atoms with Gasteiger partial charge in [-0.1, -0.05) is 23.7 Å². The Kier molecular flexibility index (Phi) is 4.44. The molecule has 1 atom stereocenters. The summed E-state index contributed by atoms with van der Waals surface area (Å²) in [6.07, 6.45) is 1.88. The number of fused-ring (bicyclic) bond motifs is 1. The molecule has 6 heteroatoms. The van der Waals surface area contributed by atoms with Crippen molar-refractivity contribution in [3.05, 3.63) is 63.9 Å². The Morgan fingerprint density at radius 1 is 1.28 bits per heavy atom. The molecule has 1 saturated heterocycles. The molecular weight excluding hydrogens is 359 g/mol. The van der Waals surface area contributed by atoms with E-state index in [0.717, 1.165) is 28.1 Å². The van der Waals surface area contributed by atoms with Gasteiger partial charge < -0.3 is 4.90 Å². The number of benzene rings is 2. The zero-order valence-electron chi connectivity index (χ0n) is 13.4. The number of hydrogen-bond acceptors (Lipinski definition) is 3. The van der Waals surface area contributed by atoms with Crippen molar-refractivity contribution in [2.24, 2.45) is 0 Å². The van der Waals surface area contributed by atoms with Crippen molar-refractivity contribution in [2.75, 3.05) is 13.1 Å². The van der Waals surface area contributed by atoms with Crippen LogP contribution in [0.3, 0.4) is 0 Å². The Labute approximate surface area is 154 Å². The van der Waals surface area contributed by atoms with Gasteiger partial charge in [0.2, 0.25) is 0 Å². The Balaban J connectivity index is 1.57. The first-order chi connectivity index (χ1) is 12.1. The quantitative estimate of drug-likeness (QED) is 0.624. The van der Waals surface area contributed by atoms with Crippen LogP contribution < -0.4 is 0 Å². The van der Waals surface area contributed by atoms with E-state index in [-0.39, 0.29) is 17.4 Å². The molecule has 1 fully saturated rings. The normalized spacial score (nSPS) is 17.8. The zero-order valence-corrected chi connectivity index (χ0v) is 15.0. The number of nitrogens with zero attached hydrogens (tertiary/aromatic N) is 2. The second-order valence-electron chi connectivity index (χ2n) is 6.23. The van der Waals surface area contributed by atoms with Crippen LogP contribution in [0.5, 0.6) is 0 Å². The molecule has 1 aliphatic rings. The molecule has 0 aliphatic carbocycles. The van der Waals surface area contributed by atoms with Gasteiger partial charge in [-0.05, 0) is 43.2 Å². The number of aromatic nitrogens is 1. The van der Waals surface area contributed by atoms with E-state index in [1.807, 2.05) is 18.2 Å². The molecule has 3 nitrogen and oxygen atoms in total. The van der Waals surface area contributed by atoms with Gasteiger partial charge in [0.15, 0.2) is 0 Å². The molecule has 0 spiro atoms. The second kappa shape index (κ2) is 6.73. The summed E-state index contributed by atoms with van der Waals surface area (Å²) < 4.78 is 15.2. The van der Waals surface area contributed by atoms with Gasteiger partial charge in [-0.15, -0.1) is 11.3 Å². The van der Waals surface area contributed by atoms with Crippen molar-refractivity contribution < 1.29 is 9.18 Å². The highest BCUT2D eigenvalue weighted by Crippen LogP contribution is 2.33. The van der Waals surface area contributed by atoms with Crippen LogP contribution in [0, 0.1) is 5.82 Å². The number of likely N-dealkylation sites (tertiary alicyclic amines) is 1. The van der Waals surface area contributed by atoms with Gasteiger partial charge in [0.05, 0.1) is 20.8 Å². The number of carbonyl (C=O) groups is 1. The standard InChI is InChI=1S/C19H16ClFN2OS/c20-13-7-8-14(15(21)10-13)19(24)23-9-3-4-12(11-23)18-22-16-5-1-2-6-17(16)25-18/h1-2,5-8,10,12H,3-4,9,11H2/t12-/m0/s1. The first-order valence-corrected chi connectivity index (χ1v) is 9.41. The van der Waals surface area contributed by atoms with E-state index in [1.54, 1.807) is 22.3 Å². The van der Waals surface area contributed by atoms with Crippen LogP contribution in [0.4, 0.5) is 4.39 Å². The molecule has 4 rings (SSSR count). The van der Waals surface area contributed by atoms with Gasteiger partial charge in [0.25, 0.3) is 5.91 Å². The Hall–Kier alpha value is -1.98. The van der Waals surface area contributed by atoms with Crippen molar-refractivity contribution in [3.8, 4) is 0 Å². The predicted octanol–water partition coefficient (Wildman–Crippen LogP) is 5.11. The summed E-state index contributed by atoms with van der Waals surface area (Å²) >= 11 is 7.46. The summed E-state index contributed by atoms with van der Waals surface area (Å²) in [4.78, 5) is 19.2. The van der Waals surface area contributed by atoms with Gasteiger partial charge in [0.1, 0.15) is 5.82 Å². The number of piperidine rings is 1. The van der Waals surface area contributed by atoms with Gasteiger partial charge in [-0.2, -0.15) is 0 Å². The zero-order chi connectivity index (χ0) is 17.4. The largest absolute Gasteiger partial charge is 0.338 e. The van der Waals surface area contributed by atoms with Crippen LogP contribution in [0.2, 0.25) is 5.02 Å². The Bertz CT molecular complexity index is 909. The summed E-state index contributed by atoms with van der Waals surface area (Å²) in [5.41, 5.74) is 1.07. The van der Waals surface area contributed by atoms with E-state index in [1.165, 1.54) is 12.1 Å². The van der Waals surface area contributed by atoms with Crippen LogP contribution in [-0.2, 0) is 0 Å². The molecule has 1 amide bonds. The third kappa shape index (κ3) is 3.26. The third-order valence-corrected chi connectivity index (χ3v) is 5.96. The number of carbonyl (C=O) groups excluding carboxylic acids is 1. The molecule has 1 aliphatic heterocycles. The minimum atomic E-state index is -0.570. The summed E-state index contributed by atoms with van der Waals surface area (Å²) in [5.74, 6) is -0.648. The smallest absolute Gasteiger partial charge is 0.256 e. The maximum Gasteiger partial charge on any atom is 0.256 e. The van der Waals surface area contributed by atoms with Crippen molar-refractivity contribution in [3.63, 3.8) is 0 Å². The Morgan fingerprint density at radius 3 is 2.92 bits per heavy atom. The van der Waals surface area contributed by atoms with Crippen LogP contribution in [0.15, 0.2) is 42.5 Å². The molecule has 0 N–H and O–H groups in total. The molecule has 0 saturated carbocycles. The minimum absolute atomic E-state index is 0.0781. The van der Waals surface area contributed by atoms with E-state index < -0.39 is 5.82 Å². The fourth-order valence-corrected chi connectivity index (χ4v) is 4.51. The highest BCUT2D eigenvalue weighted by molar-refractivity contribution is 7.18. The number of amides is 1. The number of hydrogen-bond donors (Lipinski definition) is 0. The van der Waals surface area contributed by atoms with Crippen molar-refractivity contribution in [2.45, 2.75) is 18.8 Å². The molecule has 128 valence electrons. The molecule has 0 radical (unpaired) electrons. The Morgan fingerprint density at radius 2 is 2.12 bits per heavy atom. The molecular formula is C19H16ClFN2OS. The minimum Gasteiger partial charge on any atom is -0.338 e. The SMILES string of the molecule is O=C(c1ccc(Cl)cc1F)N1CCC[C@H](c2nc3ccccc3s2)C1. The topological polar surface area (TPSA) is 33.2 Å². The lowest BCUT2D eigenvalue weighted by Gasteiger charge is -2.32. The van der Waals surface area contributed by atoms with E-state index in [4.69, 9.17) is 16.6 Å². The van der Waals surface area contributed by atoms with Crippen LogP contribution >= 0.6 is 22.9 Å². The first kappa shape index (κ1) is 16.5. The lowest BCUT2D eigenvalue weighted by molar-refractivity contribution is 0.0702. The number of rotatable bonds is 2. The predicted molar refractivity (Wildman–Crippen MR) is 98.9 cm³/mol. The molecule has 2 heterocycles. The molecule has 0 unspecified atom stereocenters. The molecule has 2 aromatic carbocycles. The maximum absolute atomic E-state index is 14.1. The highest BCUT2D eigenvalue weighted by Gasteiger charge is 2.28. The fourth-order valence-electron chi connectivity index (χ4n) is 3.26. The fraction of sp³-hybridized carbons (Fsp3) is 0.263. The first-order valence-electron chi connectivity index (χ1n) is 8.21. The van der Waals surface area contributed by atoms with Crippen LogP contribution in [-0.4, -0.2) is 28.9 Å². The van der Waals surface area contributed by atoms with E-state index in [9.17, 15) is 9.18 Å². The lowest BCUT2D eigenvalue weighted by atomic mass is 9.98. The van der Waals surface area contributed by atoms with E-state index >= 15 is 0 Å². The number of halogens is 2. The van der Waals surface area contributed by atoms with Gasteiger partial charge in [-0.25, -0.2) is 9.37 Å². The van der Waals surface area contributed by atoms with E-state index in [2.05, 4.69) is 6.07 Å². The van der Waals surface area contributed by atoms with Gasteiger partial charge in [-0.3, -0.25) is 4.79 Å².